The van der Waals surface area contributed by atoms with Gasteiger partial charge < -0.3 is 25.4 Å². The zero-order valence-corrected chi connectivity index (χ0v) is 24.2. The van der Waals surface area contributed by atoms with Gasteiger partial charge in [-0.25, -0.2) is 9.97 Å². The van der Waals surface area contributed by atoms with Gasteiger partial charge in [-0.3, -0.25) is 9.59 Å². The summed E-state index contributed by atoms with van der Waals surface area (Å²) >= 11 is 6.48. The third kappa shape index (κ3) is 6.75. The Hall–Kier alpha value is -4.21. The average Bonchev–Trinajstić information content (AvgIpc) is 3.39. The molecule has 0 spiro atoms. The highest BCUT2D eigenvalue weighted by Gasteiger charge is 2.25. The van der Waals surface area contributed by atoms with Crippen molar-refractivity contribution in [3.05, 3.63) is 83.2 Å². The highest BCUT2D eigenvalue weighted by atomic mass is 35.5. The molecular weight excluding hydrogens is 538 g/mol. The van der Waals surface area contributed by atoms with E-state index in [4.69, 9.17) is 16.6 Å². The number of aromatic nitrogens is 3. The number of para-hydroxylation sites is 1. The second-order valence-electron chi connectivity index (χ2n) is 10.5. The van der Waals surface area contributed by atoms with Crippen LogP contribution in [0.3, 0.4) is 0 Å². The van der Waals surface area contributed by atoms with Crippen LogP contribution in [-0.2, 0) is 4.79 Å². The standard InChI is InChI=1S/C31H34ClN7O2/c1-20-17-21(10-11-26(20)36-28(40)9-6-14-38(2)3)30(41)39-15-12-22(13-16-39)35-31-34-19-25(32)29(37-31)24-18-33-27-8-5-4-7-23(24)27/h4-11,17-19,22,33H,12-16H2,1-3H3,(H,36,40)(H,34,35,37)/b9-6+. The maximum absolute atomic E-state index is 13.2. The quantitative estimate of drug-likeness (QED) is 0.246. The molecule has 4 aromatic rings. The molecule has 0 aliphatic carbocycles. The summed E-state index contributed by atoms with van der Waals surface area (Å²) in [5.74, 6) is 0.311. The number of anilines is 2. The molecule has 212 valence electrons. The van der Waals surface area contributed by atoms with Gasteiger partial charge in [0, 0.05) is 65.7 Å². The number of carbonyl (C=O) groups is 2. The number of nitrogens with one attached hydrogen (secondary N) is 3. The molecular formula is C31H34ClN7O2. The fraction of sp³-hybridized carbons (Fsp3) is 0.290. The van der Waals surface area contributed by atoms with Gasteiger partial charge in [-0.05, 0) is 63.7 Å². The lowest BCUT2D eigenvalue weighted by Gasteiger charge is -2.32. The van der Waals surface area contributed by atoms with E-state index in [1.54, 1.807) is 18.3 Å². The predicted octanol–water partition coefficient (Wildman–Crippen LogP) is 5.36. The molecule has 2 aromatic carbocycles. The van der Waals surface area contributed by atoms with Crippen LogP contribution in [0.15, 0.2) is 67.0 Å². The third-order valence-corrected chi connectivity index (χ3v) is 7.45. The first-order valence-corrected chi connectivity index (χ1v) is 14.0. The Kier molecular flexibility index (Phi) is 8.66. The number of rotatable bonds is 8. The number of halogens is 1. The highest BCUT2D eigenvalue weighted by molar-refractivity contribution is 6.33. The normalized spacial score (nSPS) is 14.2. The van der Waals surface area contributed by atoms with Crippen LogP contribution >= 0.6 is 11.6 Å². The molecule has 0 unspecified atom stereocenters. The van der Waals surface area contributed by atoms with Crippen LogP contribution in [0.25, 0.3) is 22.2 Å². The van der Waals surface area contributed by atoms with Gasteiger partial charge in [-0.15, -0.1) is 0 Å². The summed E-state index contributed by atoms with van der Waals surface area (Å²) in [6.07, 6.45) is 8.41. The third-order valence-electron chi connectivity index (χ3n) is 7.17. The van der Waals surface area contributed by atoms with Gasteiger partial charge in [-0.2, -0.15) is 0 Å². The molecule has 2 aromatic heterocycles. The van der Waals surface area contributed by atoms with Gasteiger partial charge in [0.2, 0.25) is 11.9 Å². The van der Waals surface area contributed by atoms with E-state index in [9.17, 15) is 9.59 Å². The van der Waals surface area contributed by atoms with Crippen molar-refractivity contribution in [2.45, 2.75) is 25.8 Å². The first-order valence-electron chi connectivity index (χ1n) is 13.7. The van der Waals surface area contributed by atoms with Crippen molar-refractivity contribution in [3.63, 3.8) is 0 Å². The van der Waals surface area contributed by atoms with Gasteiger partial charge in [0.05, 0.1) is 16.9 Å². The van der Waals surface area contributed by atoms with Gasteiger partial charge in [0.15, 0.2) is 0 Å². The molecule has 0 atom stereocenters. The number of likely N-dealkylation sites (tertiary alicyclic amines) is 1. The summed E-state index contributed by atoms with van der Waals surface area (Å²) in [5, 5.41) is 7.86. The van der Waals surface area contributed by atoms with E-state index in [0.717, 1.165) is 34.9 Å². The Morgan fingerprint density at radius 3 is 2.71 bits per heavy atom. The van der Waals surface area contributed by atoms with Crippen molar-refractivity contribution in [1.82, 2.24) is 24.8 Å². The summed E-state index contributed by atoms with van der Waals surface area (Å²) in [7, 11) is 3.88. The van der Waals surface area contributed by atoms with Crippen LogP contribution in [0.1, 0.15) is 28.8 Å². The number of amides is 2. The van der Waals surface area contributed by atoms with Crippen molar-refractivity contribution in [2.24, 2.45) is 0 Å². The Morgan fingerprint density at radius 1 is 1.17 bits per heavy atom. The number of likely N-dealkylation sites (N-methyl/N-ethyl adjacent to an activating group) is 1. The minimum absolute atomic E-state index is 0.0142. The first kappa shape index (κ1) is 28.3. The lowest BCUT2D eigenvalue weighted by molar-refractivity contribution is -0.111. The monoisotopic (exact) mass is 571 g/mol. The van der Waals surface area contributed by atoms with E-state index >= 15 is 0 Å². The number of piperidine rings is 1. The maximum atomic E-state index is 13.2. The number of aromatic amines is 1. The highest BCUT2D eigenvalue weighted by Crippen LogP contribution is 2.32. The molecule has 2 amide bonds. The molecule has 0 radical (unpaired) electrons. The van der Waals surface area contributed by atoms with Crippen LogP contribution < -0.4 is 10.6 Å². The fourth-order valence-electron chi connectivity index (χ4n) is 4.97. The van der Waals surface area contributed by atoms with E-state index in [2.05, 4.69) is 20.6 Å². The number of benzene rings is 2. The predicted molar refractivity (Wildman–Crippen MR) is 164 cm³/mol. The molecule has 0 saturated carbocycles. The smallest absolute Gasteiger partial charge is 0.253 e. The van der Waals surface area contributed by atoms with E-state index in [1.807, 2.05) is 73.4 Å². The molecule has 1 fully saturated rings. The summed E-state index contributed by atoms with van der Waals surface area (Å²) < 4.78 is 0. The summed E-state index contributed by atoms with van der Waals surface area (Å²) in [4.78, 5) is 41.7. The molecule has 3 heterocycles. The zero-order chi connectivity index (χ0) is 28.9. The number of fused-ring (bicyclic) bond motifs is 1. The summed E-state index contributed by atoms with van der Waals surface area (Å²) in [6.45, 7) is 3.81. The van der Waals surface area contributed by atoms with Crippen molar-refractivity contribution in [2.75, 3.05) is 44.4 Å². The second kappa shape index (κ2) is 12.5. The number of hydrogen-bond donors (Lipinski definition) is 3. The molecule has 5 rings (SSSR count). The Bertz CT molecular complexity index is 1590. The van der Waals surface area contributed by atoms with Crippen molar-refractivity contribution < 1.29 is 9.59 Å². The van der Waals surface area contributed by atoms with Gasteiger partial charge >= 0.3 is 0 Å². The van der Waals surface area contributed by atoms with E-state index in [-0.39, 0.29) is 17.9 Å². The minimum atomic E-state index is -0.193. The molecule has 1 aliphatic rings. The van der Waals surface area contributed by atoms with E-state index in [1.165, 1.54) is 6.08 Å². The van der Waals surface area contributed by atoms with Gasteiger partial charge in [-0.1, -0.05) is 35.9 Å². The van der Waals surface area contributed by atoms with Crippen LogP contribution in [-0.4, -0.2) is 76.3 Å². The average molecular weight is 572 g/mol. The number of aryl methyl sites for hydroxylation is 1. The van der Waals surface area contributed by atoms with Crippen molar-refractivity contribution in [1.29, 1.82) is 0 Å². The lowest BCUT2D eigenvalue weighted by atomic mass is 10.0. The first-order chi connectivity index (χ1) is 19.8. The van der Waals surface area contributed by atoms with Crippen LogP contribution in [0.5, 0.6) is 0 Å². The Morgan fingerprint density at radius 2 is 1.95 bits per heavy atom. The molecule has 10 heteroatoms. The van der Waals surface area contributed by atoms with E-state index < -0.39 is 0 Å². The molecule has 9 nitrogen and oxygen atoms in total. The number of hydrogen-bond acceptors (Lipinski definition) is 6. The van der Waals surface area contributed by atoms with Gasteiger partial charge in [0.25, 0.3) is 5.91 Å². The summed E-state index contributed by atoms with van der Waals surface area (Å²) in [6, 6.07) is 13.6. The number of nitrogens with zero attached hydrogens (tertiary/aromatic N) is 4. The van der Waals surface area contributed by atoms with Crippen LogP contribution in [0, 0.1) is 6.92 Å². The Labute approximate surface area is 244 Å². The Balaban J connectivity index is 1.18. The maximum Gasteiger partial charge on any atom is 0.253 e. The zero-order valence-electron chi connectivity index (χ0n) is 23.4. The topological polar surface area (TPSA) is 106 Å². The fourth-order valence-corrected chi connectivity index (χ4v) is 5.16. The van der Waals surface area contributed by atoms with Crippen molar-refractivity contribution in [3.8, 4) is 11.3 Å². The molecule has 0 bridgehead atoms. The molecule has 3 N–H and O–H groups in total. The largest absolute Gasteiger partial charge is 0.360 e. The van der Waals surface area contributed by atoms with Crippen LogP contribution in [0.4, 0.5) is 11.6 Å². The lowest BCUT2D eigenvalue weighted by Crippen LogP contribution is -2.42. The van der Waals surface area contributed by atoms with E-state index in [0.29, 0.717) is 47.6 Å². The number of carbonyl (C=O) groups excluding carboxylic acids is 2. The van der Waals surface area contributed by atoms with Crippen molar-refractivity contribution >= 4 is 46.0 Å². The SMILES string of the molecule is Cc1cc(C(=O)N2CCC(Nc3ncc(Cl)c(-c4c[nH]c5ccccc45)n3)CC2)ccc1NC(=O)/C=C/CN(C)C. The minimum Gasteiger partial charge on any atom is -0.360 e. The summed E-state index contributed by atoms with van der Waals surface area (Å²) in [5.41, 5.74) is 4.77. The molecule has 1 aliphatic heterocycles. The number of H-pyrrole nitrogens is 1. The van der Waals surface area contributed by atoms with Crippen LogP contribution in [0.2, 0.25) is 5.02 Å². The van der Waals surface area contributed by atoms with Gasteiger partial charge in [0.1, 0.15) is 0 Å². The molecule has 1 saturated heterocycles. The second-order valence-corrected chi connectivity index (χ2v) is 10.9. The molecule has 41 heavy (non-hydrogen) atoms.